The number of nitrogens with zero attached hydrogens (tertiary/aromatic N) is 1. The average Bonchev–Trinajstić information content (AvgIpc) is 2.82. The SMILES string of the molecule is CN(CC=O)CCOCC1CC1. The number of carbonyl (C=O) groups excluding carboxylic acids is 1. The second-order valence-electron chi connectivity index (χ2n) is 3.45. The van der Waals surface area contributed by atoms with Crippen LogP contribution in [0.25, 0.3) is 0 Å². The first-order valence-corrected chi connectivity index (χ1v) is 4.53. The van der Waals surface area contributed by atoms with Gasteiger partial charge in [0, 0.05) is 13.2 Å². The largest absolute Gasteiger partial charge is 0.380 e. The van der Waals surface area contributed by atoms with Crippen molar-refractivity contribution in [1.82, 2.24) is 4.90 Å². The van der Waals surface area contributed by atoms with Gasteiger partial charge >= 0.3 is 0 Å². The summed E-state index contributed by atoms with van der Waals surface area (Å²) in [4.78, 5) is 12.0. The van der Waals surface area contributed by atoms with Gasteiger partial charge in [0.15, 0.2) is 0 Å². The summed E-state index contributed by atoms with van der Waals surface area (Å²) in [5, 5.41) is 0. The van der Waals surface area contributed by atoms with Gasteiger partial charge in [0.05, 0.1) is 13.2 Å². The first-order valence-electron chi connectivity index (χ1n) is 4.53. The fraction of sp³-hybridized carbons (Fsp3) is 0.889. The molecule has 1 aliphatic rings. The molecule has 0 aromatic rings. The molecule has 0 unspecified atom stereocenters. The lowest BCUT2D eigenvalue weighted by Gasteiger charge is -2.12. The van der Waals surface area contributed by atoms with Gasteiger partial charge in [-0.1, -0.05) is 0 Å². The molecule has 0 amide bonds. The van der Waals surface area contributed by atoms with Crippen molar-refractivity contribution in [1.29, 1.82) is 0 Å². The molecule has 0 radical (unpaired) electrons. The molecule has 0 aromatic carbocycles. The van der Waals surface area contributed by atoms with Crippen molar-refractivity contribution in [3.05, 3.63) is 0 Å². The molecule has 0 heterocycles. The second kappa shape index (κ2) is 5.27. The highest BCUT2D eigenvalue weighted by molar-refractivity contribution is 5.51. The highest BCUT2D eigenvalue weighted by atomic mass is 16.5. The van der Waals surface area contributed by atoms with Crippen LogP contribution in [-0.4, -0.2) is 44.5 Å². The van der Waals surface area contributed by atoms with Gasteiger partial charge in [0.1, 0.15) is 6.29 Å². The maximum Gasteiger partial charge on any atom is 0.133 e. The average molecular weight is 171 g/mol. The van der Waals surface area contributed by atoms with Crippen LogP contribution in [0.1, 0.15) is 12.8 Å². The molecule has 70 valence electrons. The van der Waals surface area contributed by atoms with Crippen molar-refractivity contribution >= 4 is 6.29 Å². The Morgan fingerprint density at radius 1 is 1.58 bits per heavy atom. The molecule has 0 spiro atoms. The van der Waals surface area contributed by atoms with Crippen molar-refractivity contribution in [3.63, 3.8) is 0 Å². The molecule has 0 bridgehead atoms. The molecule has 1 fully saturated rings. The van der Waals surface area contributed by atoms with Gasteiger partial charge < -0.3 is 9.53 Å². The van der Waals surface area contributed by atoms with E-state index in [-0.39, 0.29) is 0 Å². The summed E-state index contributed by atoms with van der Waals surface area (Å²) in [5.41, 5.74) is 0. The van der Waals surface area contributed by atoms with E-state index in [1.165, 1.54) is 12.8 Å². The zero-order chi connectivity index (χ0) is 8.81. The van der Waals surface area contributed by atoms with E-state index in [2.05, 4.69) is 0 Å². The quantitative estimate of drug-likeness (QED) is 0.413. The molecule has 3 nitrogen and oxygen atoms in total. The van der Waals surface area contributed by atoms with E-state index in [1.54, 1.807) is 0 Å². The molecule has 1 rings (SSSR count). The third-order valence-corrected chi connectivity index (χ3v) is 2.05. The Balaban J connectivity index is 1.82. The lowest BCUT2D eigenvalue weighted by Crippen LogP contribution is -2.25. The zero-order valence-electron chi connectivity index (χ0n) is 7.66. The van der Waals surface area contributed by atoms with Gasteiger partial charge in [-0.3, -0.25) is 4.90 Å². The van der Waals surface area contributed by atoms with Crippen molar-refractivity contribution in [2.45, 2.75) is 12.8 Å². The predicted molar refractivity (Wildman–Crippen MR) is 47.1 cm³/mol. The zero-order valence-corrected chi connectivity index (χ0v) is 7.66. The van der Waals surface area contributed by atoms with Crippen LogP contribution in [0.4, 0.5) is 0 Å². The second-order valence-corrected chi connectivity index (χ2v) is 3.45. The van der Waals surface area contributed by atoms with Crippen molar-refractivity contribution in [3.8, 4) is 0 Å². The van der Waals surface area contributed by atoms with E-state index in [0.717, 1.165) is 32.0 Å². The van der Waals surface area contributed by atoms with Crippen LogP contribution in [-0.2, 0) is 9.53 Å². The summed E-state index contributed by atoms with van der Waals surface area (Å²) in [6.45, 7) is 3.02. The molecule has 0 aliphatic heterocycles. The first-order chi connectivity index (χ1) is 5.83. The summed E-state index contributed by atoms with van der Waals surface area (Å²) >= 11 is 0. The standard InChI is InChI=1S/C9H17NO2/c1-10(4-6-11)5-7-12-8-9-2-3-9/h6,9H,2-5,7-8H2,1H3. The van der Waals surface area contributed by atoms with E-state index >= 15 is 0 Å². The number of carbonyl (C=O) groups is 1. The van der Waals surface area contributed by atoms with E-state index < -0.39 is 0 Å². The topological polar surface area (TPSA) is 29.5 Å². The van der Waals surface area contributed by atoms with E-state index in [9.17, 15) is 4.79 Å². The minimum Gasteiger partial charge on any atom is -0.380 e. The summed E-state index contributed by atoms with van der Waals surface area (Å²) in [5.74, 6) is 0.835. The minimum absolute atomic E-state index is 0.507. The third kappa shape index (κ3) is 4.46. The highest BCUT2D eigenvalue weighted by Gasteiger charge is 2.20. The van der Waals surface area contributed by atoms with Crippen LogP contribution in [0, 0.1) is 5.92 Å². The fourth-order valence-electron chi connectivity index (χ4n) is 0.973. The van der Waals surface area contributed by atoms with Gasteiger partial charge in [-0.05, 0) is 25.8 Å². The molecular weight excluding hydrogens is 154 g/mol. The van der Waals surface area contributed by atoms with Gasteiger partial charge in [0.25, 0.3) is 0 Å². The number of likely N-dealkylation sites (N-methyl/N-ethyl adjacent to an activating group) is 1. The Morgan fingerprint density at radius 2 is 2.33 bits per heavy atom. The smallest absolute Gasteiger partial charge is 0.133 e. The Labute approximate surface area is 73.7 Å². The molecule has 0 N–H and O–H groups in total. The van der Waals surface area contributed by atoms with Crippen LogP contribution in [0.15, 0.2) is 0 Å². The summed E-state index contributed by atoms with van der Waals surface area (Å²) in [6, 6.07) is 0. The Kier molecular flexibility index (Phi) is 4.25. The van der Waals surface area contributed by atoms with Crippen LogP contribution >= 0.6 is 0 Å². The molecule has 1 aliphatic carbocycles. The molecule has 0 atom stereocenters. The number of ether oxygens (including phenoxy) is 1. The fourth-order valence-corrected chi connectivity index (χ4v) is 0.973. The normalized spacial score (nSPS) is 16.8. The lowest BCUT2D eigenvalue weighted by molar-refractivity contribution is -0.108. The molecule has 12 heavy (non-hydrogen) atoms. The monoisotopic (exact) mass is 171 g/mol. The number of hydrogen-bond acceptors (Lipinski definition) is 3. The van der Waals surface area contributed by atoms with Crippen LogP contribution in [0.3, 0.4) is 0 Å². The van der Waals surface area contributed by atoms with Crippen LogP contribution < -0.4 is 0 Å². The number of aldehydes is 1. The van der Waals surface area contributed by atoms with E-state index in [1.807, 2.05) is 11.9 Å². The summed E-state index contributed by atoms with van der Waals surface area (Å²) < 4.78 is 5.42. The van der Waals surface area contributed by atoms with Crippen LogP contribution in [0.2, 0.25) is 0 Å². The Morgan fingerprint density at radius 3 is 2.92 bits per heavy atom. The maximum atomic E-state index is 10.1. The molecular formula is C9H17NO2. The minimum atomic E-state index is 0.507. The highest BCUT2D eigenvalue weighted by Crippen LogP contribution is 2.28. The summed E-state index contributed by atoms with van der Waals surface area (Å²) in [6.07, 6.45) is 3.59. The van der Waals surface area contributed by atoms with Crippen molar-refractivity contribution in [2.24, 2.45) is 5.92 Å². The molecule has 1 saturated carbocycles. The summed E-state index contributed by atoms with van der Waals surface area (Å²) in [7, 11) is 1.93. The van der Waals surface area contributed by atoms with Gasteiger partial charge in [-0.15, -0.1) is 0 Å². The molecule has 0 aromatic heterocycles. The lowest BCUT2D eigenvalue weighted by atomic mass is 10.5. The van der Waals surface area contributed by atoms with Crippen LogP contribution in [0.5, 0.6) is 0 Å². The first kappa shape index (κ1) is 9.68. The number of hydrogen-bond donors (Lipinski definition) is 0. The van der Waals surface area contributed by atoms with E-state index in [4.69, 9.17) is 4.74 Å². The third-order valence-electron chi connectivity index (χ3n) is 2.05. The van der Waals surface area contributed by atoms with Crippen molar-refractivity contribution in [2.75, 3.05) is 33.4 Å². The Hall–Kier alpha value is -0.410. The van der Waals surface area contributed by atoms with Crippen molar-refractivity contribution < 1.29 is 9.53 Å². The maximum absolute atomic E-state index is 10.1. The Bertz CT molecular complexity index is 134. The molecule has 3 heteroatoms. The van der Waals surface area contributed by atoms with Gasteiger partial charge in [0.2, 0.25) is 0 Å². The molecule has 0 saturated heterocycles. The number of rotatable bonds is 7. The predicted octanol–water partition coefficient (Wildman–Crippen LogP) is 0.544. The van der Waals surface area contributed by atoms with Gasteiger partial charge in [-0.2, -0.15) is 0 Å². The van der Waals surface area contributed by atoms with Gasteiger partial charge in [-0.25, -0.2) is 0 Å². The van der Waals surface area contributed by atoms with E-state index in [0.29, 0.717) is 6.54 Å².